The Morgan fingerprint density at radius 2 is 2.06 bits per heavy atom. The smallest absolute Gasteiger partial charge is 0.377 e. The van der Waals surface area contributed by atoms with Crippen LogP contribution < -0.4 is 4.90 Å². The van der Waals surface area contributed by atoms with Gasteiger partial charge in [-0.3, -0.25) is 9.69 Å². The first kappa shape index (κ1) is 23.2. The molecular weight excluding hydrogens is 459 g/mol. The maximum atomic E-state index is 13.6. The second-order valence-electron chi connectivity index (χ2n) is 8.88. The number of pyridine rings is 1. The molecule has 5 rings (SSSR count). The molecule has 2 aromatic heterocycles. The molecule has 10 heteroatoms. The van der Waals surface area contributed by atoms with Crippen molar-refractivity contribution >= 4 is 17.3 Å². The van der Waals surface area contributed by atoms with E-state index in [1.54, 1.807) is 12.4 Å². The third-order valence-corrected chi connectivity index (χ3v) is 6.54. The van der Waals surface area contributed by atoms with Crippen LogP contribution in [0.5, 0.6) is 0 Å². The molecule has 1 amide bonds. The predicted molar refractivity (Wildman–Crippen MR) is 123 cm³/mol. The maximum Gasteiger partial charge on any atom is 0.416 e. The number of alkyl halides is 3. The molecule has 0 spiro atoms. The largest absolute Gasteiger partial charge is 0.416 e. The number of aromatic nitrogens is 4. The molecular formula is C25H24F3N5O2. The maximum absolute atomic E-state index is 13.6. The summed E-state index contributed by atoms with van der Waals surface area (Å²) in [5.74, 6) is 0.666. The molecule has 0 N–H and O–H groups in total. The van der Waals surface area contributed by atoms with Crippen LogP contribution in [0.1, 0.15) is 57.8 Å². The summed E-state index contributed by atoms with van der Waals surface area (Å²) in [5.41, 5.74) is 1.86. The number of hydrogen-bond donors (Lipinski definition) is 0. The van der Waals surface area contributed by atoms with Gasteiger partial charge in [-0.1, -0.05) is 19.1 Å². The summed E-state index contributed by atoms with van der Waals surface area (Å²) in [6.07, 6.45) is 0.319. The van der Waals surface area contributed by atoms with Gasteiger partial charge in [-0.15, -0.1) is 10.2 Å². The highest BCUT2D eigenvalue weighted by atomic mass is 19.4. The molecule has 0 unspecified atom stereocenters. The number of hydrogen-bond acceptors (Lipinski definition) is 5. The summed E-state index contributed by atoms with van der Waals surface area (Å²) in [7, 11) is 1.87. The van der Waals surface area contributed by atoms with Gasteiger partial charge in [0.15, 0.2) is 0 Å². The lowest BCUT2D eigenvalue weighted by Gasteiger charge is -2.21. The van der Waals surface area contributed by atoms with Crippen LogP contribution in [-0.2, 0) is 30.9 Å². The molecule has 182 valence electrons. The second-order valence-corrected chi connectivity index (χ2v) is 8.88. The van der Waals surface area contributed by atoms with Crippen molar-refractivity contribution in [3.63, 3.8) is 0 Å². The van der Waals surface area contributed by atoms with Crippen molar-refractivity contribution in [2.24, 2.45) is 7.05 Å². The van der Waals surface area contributed by atoms with Gasteiger partial charge in [0.1, 0.15) is 18.0 Å². The van der Waals surface area contributed by atoms with Crippen LogP contribution in [0.15, 0.2) is 42.7 Å². The molecule has 0 saturated heterocycles. The van der Waals surface area contributed by atoms with E-state index in [2.05, 4.69) is 10.2 Å². The van der Waals surface area contributed by atoms with Crippen molar-refractivity contribution in [3.8, 4) is 0 Å². The number of ether oxygens (including phenoxy) is 1. The van der Waals surface area contributed by atoms with Gasteiger partial charge >= 0.3 is 6.18 Å². The van der Waals surface area contributed by atoms with Crippen molar-refractivity contribution in [1.82, 2.24) is 19.7 Å². The molecule has 0 bridgehead atoms. The van der Waals surface area contributed by atoms with E-state index in [0.29, 0.717) is 37.6 Å². The zero-order valence-electron chi connectivity index (χ0n) is 19.3. The Balaban J connectivity index is 1.55. The Kier molecular flexibility index (Phi) is 5.92. The molecule has 1 atom stereocenters. The van der Waals surface area contributed by atoms with Gasteiger partial charge in [-0.2, -0.15) is 13.2 Å². The van der Waals surface area contributed by atoms with Crippen LogP contribution >= 0.6 is 0 Å². The van der Waals surface area contributed by atoms with E-state index in [0.717, 1.165) is 23.0 Å². The quantitative estimate of drug-likeness (QED) is 0.533. The average Bonchev–Trinajstić information content (AvgIpc) is 3.41. The highest BCUT2D eigenvalue weighted by Crippen LogP contribution is 2.39. The van der Waals surface area contributed by atoms with Crippen molar-refractivity contribution < 1.29 is 22.7 Å². The Hall–Kier alpha value is -3.53. The second kappa shape index (κ2) is 8.92. The molecule has 35 heavy (non-hydrogen) atoms. The Morgan fingerprint density at radius 3 is 2.74 bits per heavy atom. The highest BCUT2D eigenvalue weighted by molar-refractivity contribution is 6.10. The number of rotatable bonds is 5. The van der Waals surface area contributed by atoms with Crippen LogP contribution in [-0.4, -0.2) is 38.9 Å². The molecule has 0 radical (unpaired) electrons. The standard InChI is InChI=1S/C25H24F3N5O2/c1-15(10-23-31-29-14-32(23)2)17-11-21(16-6-8-35-9-7-16)30-22(12-17)33-13-19-18(24(33)34)4-3-5-20(19)25(26,27)28/h3-6,11-12,14-15H,7-10,13H2,1-2H3/t15-/m1/s1. The third kappa shape index (κ3) is 4.45. The monoisotopic (exact) mass is 483 g/mol. The fraction of sp³-hybridized carbons (Fsp3) is 0.360. The first-order valence-electron chi connectivity index (χ1n) is 11.4. The van der Waals surface area contributed by atoms with Crippen molar-refractivity contribution in [2.75, 3.05) is 18.1 Å². The minimum atomic E-state index is -4.54. The summed E-state index contributed by atoms with van der Waals surface area (Å²) >= 11 is 0. The number of amides is 1. The lowest BCUT2D eigenvalue weighted by Crippen LogP contribution is -2.25. The molecule has 3 aromatic rings. The number of benzene rings is 1. The Labute approximate surface area is 200 Å². The van der Waals surface area contributed by atoms with Crippen molar-refractivity contribution in [2.45, 2.75) is 38.4 Å². The minimum absolute atomic E-state index is 0.00431. The minimum Gasteiger partial charge on any atom is -0.377 e. The molecule has 0 aliphatic carbocycles. The SMILES string of the molecule is C[C@H](Cc1nncn1C)c1cc(C2=CCOCC2)nc(N2Cc3c(cccc3C(F)(F)F)C2=O)c1. The summed E-state index contributed by atoms with van der Waals surface area (Å²) in [6.45, 7) is 2.89. The van der Waals surface area contributed by atoms with Crippen LogP contribution in [0.4, 0.5) is 19.0 Å². The summed E-state index contributed by atoms with van der Waals surface area (Å²) in [5, 5.41) is 8.10. The molecule has 4 heterocycles. The van der Waals surface area contributed by atoms with E-state index >= 15 is 0 Å². The number of halogens is 3. The first-order chi connectivity index (χ1) is 16.7. The molecule has 0 saturated carbocycles. The van der Waals surface area contributed by atoms with E-state index in [1.165, 1.54) is 17.0 Å². The number of carbonyl (C=O) groups excluding carboxylic acids is 1. The van der Waals surface area contributed by atoms with Gasteiger partial charge in [0.05, 0.1) is 31.0 Å². The third-order valence-electron chi connectivity index (χ3n) is 6.54. The zero-order chi connectivity index (χ0) is 24.7. The van der Waals surface area contributed by atoms with Gasteiger partial charge < -0.3 is 9.30 Å². The summed E-state index contributed by atoms with van der Waals surface area (Å²) in [6, 6.07) is 7.50. The van der Waals surface area contributed by atoms with E-state index in [1.807, 2.05) is 30.7 Å². The lowest BCUT2D eigenvalue weighted by molar-refractivity contribution is -0.138. The predicted octanol–water partition coefficient (Wildman–Crippen LogP) is 4.54. The van der Waals surface area contributed by atoms with Crippen LogP contribution in [0.3, 0.4) is 0 Å². The highest BCUT2D eigenvalue weighted by Gasteiger charge is 2.40. The first-order valence-corrected chi connectivity index (χ1v) is 11.4. The van der Waals surface area contributed by atoms with Gasteiger partial charge in [-0.05, 0) is 53.3 Å². The number of anilines is 1. The Morgan fingerprint density at radius 1 is 1.23 bits per heavy atom. The average molecular weight is 483 g/mol. The number of fused-ring (bicyclic) bond motifs is 1. The van der Waals surface area contributed by atoms with E-state index in [9.17, 15) is 18.0 Å². The number of nitrogens with zero attached hydrogens (tertiary/aromatic N) is 5. The van der Waals surface area contributed by atoms with Crippen molar-refractivity contribution in [3.05, 3.63) is 76.5 Å². The fourth-order valence-electron chi connectivity index (χ4n) is 4.55. The molecule has 0 fully saturated rings. The zero-order valence-corrected chi connectivity index (χ0v) is 19.3. The van der Waals surface area contributed by atoms with Gasteiger partial charge in [0.2, 0.25) is 0 Å². The molecule has 2 aliphatic rings. The van der Waals surface area contributed by atoms with Gasteiger partial charge in [0.25, 0.3) is 5.91 Å². The lowest BCUT2D eigenvalue weighted by atomic mass is 9.95. The van der Waals surface area contributed by atoms with Gasteiger partial charge in [0, 0.05) is 19.0 Å². The molecule has 7 nitrogen and oxygen atoms in total. The summed E-state index contributed by atoms with van der Waals surface area (Å²) in [4.78, 5) is 19.3. The van der Waals surface area contributed by atoms with E-state index in [-0.39, 0.29) is 23.6 Å². The van der Waals surface area contributed by atoms with E-state index in [4.69, 9.17) is 9.72 Å². The summed E-state index contributed by atoms with van der Waals surface area (Å²) < 4.78 is 48.1. The Bertz CT molecular complexity index is 1310. The van der Waals surface area contributed by atoms with Crippen LogP contribution in [0.25, 0.3) is 5.57 Å². The van der Waals surface area contributed by atoms with Crippen molar-refractivity contribution in [1.29, 1.82) is 0 Å². The normalized spacial score (nSPS) is 16.9. The molecule has 2 aliphatic heterocycles. The van der Waals surface area contributed by atoms with E-state index < -0.39 is 17.6 Å². The fourth-order valence-corrected chi connectivity index (χ4v) is 4.55. The molecule has 1 aromatic carbocycles. The number of aryl methyl sites for hydroxylation is 1. The van der Waals surface area contributed by atoms with Crippen LogP contribution in [0.2, 0.25) is 0 Å². The van der Waals surface area contributed by atoms with Gasteiger partial charge in [-0.25, -0.2) is 4.98 Å². The van der Waals surface area contributed by atoms with Crippen LogP contribution in [0, 0.1) is 0 Å². The topological polar surface area (TPSA) is 73.1 Å². The number of carbonyl (C=O) groups is 1.